The molecule has 27 heavy (non-hydrogen) atoms. The van der Waals surface area contributed by atoms with Crippen molar-refractivity contribution in [3.05, 3.63) is 0 Å². The smallest absolute Gasteiger partial charge is 0.312 e. The Morgan fingerprint density at radius 2 is 2.00 bits per heavy atom. The molecule has 0 aromatic heterocycles. The summed E-state index contributed by atoms with van der Waals surface area (Å²) in [5.74, 6) is -0.484. The first kappa shape index (κ1) is 17.5. The van der Waals surface area contributed by atoms with Crippen molar-refractivity contribution in [1.82, 2.24) is 0 Å². The summed E-state index contributed by atoms with van der Waals surface area (Å²) in [7, 11) is 0. The van der Waals surface area contributed by atoms with E-state index >= 15 is 0 Å². The molecule has 3 saturated carbocycles. The molecule has 2 spiro atoms. The molecule has 0 bridgehead atoms. The van der Waals surface area contributed by atoms with Crippen LogP contribution in [-0.2, 0) is 19.0 Å². The first-order valence-corrected chi connectivity index (χ1v) is 10.7. The van der Waals surface area contributed by atoms with Crippen LogP contribution in [0.15, 0.2) is 0 Å². The number of carbonyl (C=O) groups excluding carboxylic acids is 1. The number of rotatable bonds is 1. The summed E-state index contributed by atoms with van der Waals surface area (Å²) in [5, 5.41) is 21.9. The maximum absolute atomic E-state index is 12.2. The zero-order valence-electron chi connectivity index (χ0n) is 15.8. The lowest BCUT2D eigenvalue weighted by Gasteiger charge is -2.57. The summed E-state index contributed by atoms with van der Waals surface area (Å²) in [4.78, 5) is 12.2. The van der Waals surface area contributed by atoms with E-state index in [2.05, 4.69) is 20.8 Å². The minimum absolute atomic E-state index is 0.0265. The van der Waals surface area contributed by atoms with Gasteiger partial charge in [0.2, 0.25) is 0 Å². The lowest BCUT2D eigenvalue weighted by atomic mass is 9.44. The second kappa shape index (κ2) is 4.84. The molecule has 3 aliphatic heterocycles. The number of ether oxygens (including phenoxy) is 3. The van der Waals surface area contributed by atoms with Crippen molar-refractivity contribution in [2.45, 2.75) is 74.6 Å². The highest BCUT2D eigenvalue weighted by molar-refractivity contribution is 6.21. The van der Waals surface area contributed by atoms with Gasteiger partial charge in [-0.2, -0.15) is 0 Å². The third-order valence-corrected chi connectivity index (χ3v) is 9.60. The van der Waals surface area contributed by atoms with Crippen LogP contribution < -0.4 is 0 Å². The number of carbonyl (C=O) groups is 1. The Balaban J connectivity index is 1.46. The average Bonchev–Trinajstić information content (AvgIpc) is 3.45. The zero-order valence-corrected chi connectivity index (χ0v) is 16.6. The van der Waals surface area contributed by atoms with Gasteiger partial charge in [0.1, 0.15) is 11.7 Å². The van der Waals surface area contributed by atoms with Gasteiger partial charge in [-0.1, -0.05) is 20.8 Å². The van der Waals surface area contributed by atoms with Crippen molar-refractivity contribution in [1.29, 1.82) is 0 Å². The van der Waals surface area contributed by atoms with Crippen LogP contribution in [0.5, 0.6) is 0 Å². The molecule has 3 aliphatic carbocycles. The maximum Gasteiger partial charge on any atom is 0.312 e. The molecule has 6 rings (SSSR count). The molecule has 0 aromatic carbocycles. The molecule has 2 N–H and O–H groups in total. The molecular weight excluding hydrogens is 372 g/mol. The summed E-state index contributed by atoms with van der Waals surface area (Å²) in [6, 6.07) is 0. The largest absolute Gasteiger partial charge is 0.465 e. The Labute approximate surface area is 163 Å². The number of aliphatic hydroxyl groups is 2. The molecule has 6 aliphatic rings. The van der Waals surface area contributed by atoms with Gasteiger partial charge in [0.25, 0.3) is 0 Å². The number of epoxide rings is 2. The summed E-state index contributed by atoms with van der Waals surface area (Å²) in [6.07, 6.45) is -0.481. The summed E-state index contributed by atoms with van der Waals surface area (Å²) >= 11 is 6.84. The number of fused-ring (bicyclic) bond motifs is 3. The fourth-order valence-electron chi connectivity index (χ4n) is 7.94. The van der Waals surface area contributed by atoms with E-state index < -0.39 is 34.7 Å². The van der Waals surface area contributed by atoms with E-state index in [1.54, 1.807) is 0 Å². The second-order valence-corrected chi connectivity index (χ2v) is 10.7. The summed E-state index contributed by atoms with van der Waals surface area (Å²) in [5.41, 5.74) is -1.81. The van der Waals surface area contributed by atoms with Gasteiger partial charge >= 0.3 is 5.97 Å². The molecule has 0 amide bonds. The van der Waals surface area contributed by atoms with Crippen LogP contribution in [0.2, 0.25) is 0 Å². The standard InChI is InChI=1S/C20H27ClO6/c1-7(2)12-14(21)16-20(27-16)18(3)5-10(22)13-8(6-25-17(13)24)9(18)4-11-19(20,26-11)15(12)23/h7-16,22-23H,4-6H2,1-3H3/t8?,9?,10?,11?,12?,13?,14-,15?,16?,18-,19?,20?/m0/s1. The van der Waals surface area contributed by atoms with Gasteiger partial charge in [-0.3, -0.25) is 4.79 Å². The number of hydrogen-bond acceptors (Lipinski definition) is 6. The molecule has 6 nitrogen and oxygen atoms in total. The van der Waals surface area contributed by atoms with E-state index in [0.717, 1.165) is 6.42 Å². The highest BCUT2D eigenvalue weighted by atomic mass is 35.5. The molecule has 150 valence electrons. The number of aliphatic hydroxyl groups excluding tert-OH is 2. The molecule has 7 heteroatoms. The molecular formula is C20H27ClO6. The number of hydrogen-bond donors (Lipinski definition) is 2. The van der Waals surface area contributed by atoms with Crippen molar-refractivity contribution >= 4 is 17.6 Å². The molecule has 12 atom stereocenters. The normalized spacial score (nSPS) is 65.4. The van der Waals surface area contributed by atoms with Crippen LogP contribution in [0.4, 0.5) is 0 Å². The summed E-state index contributed by atoms with van der Waals surface area (Å²) in [6.45, 7) is 6.65. The minimum atomic E-state index is -0.758. The van der Waals surface area contributed by atoms with Gasteiger partial charge in [0, 0.05) is 17.3 Å². The Hall–Kier alpha value is -0.400. The predicted molar refractivity (Wildman–Crippen MR) is 94.0 cm³/mol. The van der Waals surface area contributed by atoms with Crippen LogP contribution in [-0.4, -0.2) is 63.8 Å². The van der Waals surface area contributed by atoms with Gasteiger partial charge < -0.3 is 24.4 Å². The predicted octanol–water partition coefficient (Wildman–Crippen LogP) is 1.10. The quantitative estimate of drug-likeness (QED) is 0.390. The van der Waals surface area contributed by atoms with Crippen molar-refractivity contribution in [2.24, 2.45) is 35.0 Å². The molecule has 6 fully saturated rings. The third-order valence-electron chi connectivity index (χ3n) is 9.08. The van der Waals surface area contributed by atoms with E-state index in [0.29, 0.717) is 13.0 Å². The third kappa shape index (κ3) is 1.63. The fourth-order valence-corrected chi connectivity index (χ4v) is 8.60. The first-order valence-electron chi connectivity index (χ1n) is 10.2. The molecule has 3 heterocycles. The number of halogens is 1. The van der Waals surface area contributed by atoms with E-state index in [1.807, 2.05) is 0 Å². The first-order chi connectivity index (χ1) is 12.7. The van der Waals surface area contributed by atoms with E-state index in [9.17, 15) is 15.0 Å². The summed E-state index contributed by atoms with van der Waals surface area (Å²) < 4.78 is 18.0. The minimum Gasteiger partial charge on any atom is -0.465 e. The second-order valence-electron chi connectivity index (χ2n) is 10.2. The molecule has 0 radical (unpaired) electrons. The van der Waals surface area contributed by atoms with Gasteiger partial charge in [-0.15, -0.1) is 11.6 Å². The van der Waals surface area contributed by atoms with Crippen LogP contribution in [0.25, 0.3) is 0 Å². The Morgan fingerprint density at radius 3 is 2.70 bits per heavy atom. The monoisotopic (exact) mass is 398 g/mol. The van der Waals surface area contributed by atoms with Gasteiger partial charge in [-0.05, 0) is 24.7 Å². The highest BCUT2D eigenvalue weighted by Crippen LogP contribution is 2.80. The zero-order chi connectivity index (χ0) is 19.1. The molecule has 10 unspecified atom stereocenters. The average molecular weight is 399 g/mol. The van der Waals surface area contributed by atoms with Gasteiger partial charge in [0.15, 0.2) is 5.60 Å². The number of cyclic esters (lactones) is 1. The van der Waals surface area contributed by atoms with Crippen LogP contribution >= 0.6 is 11.6 Å². The highest BCUT2D eigenvalue weighted by Gasteiger charge is 2.95. The Bertz CT molecular complexity index is 729. The van der Waals surface area contributed by atoms with Crippen LogP contribution in [0, 0.1) is 35.0 Å². The van der Waals surface area contributed by atoms with Crippen molar-refractivity contribution < 1.29 is 29.2 Å². The van der Waals surface area contributed by atoms with Gasteiger partial charge in [0.05, 0.1) is 36.2 Å². The lowest BCUT2D eigenvalue weighted by Crippen LogP contribution is -2.71. The fraction of sp³-hybridized carbons (Fsp3) is 0.950. The number of alkyl halides is 1. The van der Waals surface area contributed by atoms with Gasteiger partial charge in [-0.25, -0.2) is 0 Å². The molecule has 3 saturated heterocycles. The molecule has 0 aromatic rings. The van der Waals surface area contributed by atoms with Crippen molar-refractivity contribution in [2.75, 3.05) is 6.61 Å². The number of esters is 1. The van der Waals surface area contributed by atoms with Crippen LogP contribution in [0.3, 0.4) is 0 Å². The van der Waals surface area contributed by atoms with E-state index in [4.69, 9.17) is 25.8 Å². The lowest BCUT2D eigenvalue weighted by molar-refractivity contribution is -0.161. The van der Waals surface area contributed by atoms with Crippen molar-refractivity contribution in [3.8, 4) is 0 Å². The van der Waals surface area contributed by atoms with E-state index in [1.165, 1.54) is 0 Å². The Kier molecular flexibility index (Phi) is 3.13. The topological polar surface area (TPSA) is 91.8 Å². The van der Waals surface area contributed by atoms with Crippen LogP contribution in [0.1, 0.15) is 33.6 Å². The van der Waals surface area contributed by atoms with E-state index in [-0.39, 0.29) is 47.2 Å². The maximum atomic E-state index is 12.2. The Morgan fingerprint density at radius 1 is 1.26 bits per heavy atom. The van der Waals surface area contributed by atoms with Crippen molar-refractivity contribution in [3.63, 3.8) is 0 Å². The SMILES string of the molecule is CC(C)C1C(O)C23OC2CC2C4COC(=O)C4C(O)C[C@]2(C)C32OC2[C@H]1Cl.